The van der Waals surface area contributed by atoms with Crippen LogP contribution in [0.5, 0.6) is 0 Å². The van der Waals surface area contributed by atoms with Crippen LogP contribution in [0, 0.1) is 11.3 Å². The van der Waals surface area contributed by atoms with Gasteiger partial charge in [0.25, 0.3) is 0 Å². The largest absolute Gasteiger partial charge is 0.337 e. The van der Waals surface area contributed by atoms with Crippen LogP contribution in [0.3, 0.4) is 0 Å². The third kappa shape index (κ3) is 3.47. The lowest BCUT2D eigenvalue weighted by molar-refractivity contribution is -0.132. The Hall–Kier alpha value is -1.09. The zero-order valence-electron chi connectivity index (χ0n) is 12.6. The fraction of sp³-hybridized carbons (Fsp3) is 0.688. The van der Waals surface area contributed by atoms with Crippen LogP contribution in [-0.4, -0.2) is 37.0 Å². The van der Waals surface area contributed by atoms with E-state index in [-0.39, 0.29) is 17.4 Å². The van der Waals surface area contributed by atoms with Crippen LogP contribution in [0.15, 0.2) is 23.8 Å². The molecule has 1 aliphatic heterocycles. The molecular weight excluding hydrogens is 236 g/mol. The van der Waals surface area contributed by atoms with Crippen molar-refractivity contribution in [1.82, 2.24) is 10.2 Å². The fourth-order valence-electron chi connectivity index (χ4n) is 2.94. The van der Waals surface area contributed by atoms with Crippen LogP contribution >= 0.6 is 0 Å². The first-order valence-electron chi connectivity index (χ1n) is 7.28. The van der Waals surface area contributed by atoms with E-state index < -0.39 is 0 Å². The van der Waals surface area contributed by atoms with Gasteiger partial charge < -0.3 is 10.2 Å². The molecule has 3 heteroatoms. The third-order valence-corrected chi connectivity index (χ3v) is 4.15. The Morgan fingerprint density at radius 2 is 2.21 bits per heavy atom. The van der Waals surface area contributed by atoms with Crippen molar-refractivity contribution >= 4 is 5.91 Å². The molecule has 0 spiro atoms. The normalized spacial score (nSPS) is 30.4. The lowest BCUT2D eigenvalue weighted by Gasteiger charge is -2.24. The van der Waals surface area contributed by atoms with Crippen molar-refractivity contribution in [2.24, 2.45) is 11.3 Å². The Kier molecular flexibility index (Phi) is 4.14. The summed E-state index contributed by atoms with van der Waals surface area (Å²) in [6.07, 6.45) is 8.69. The Morgan fingerprint density at radius 1 is 1.47 bits per heavy atom. The maximum atomic E-state index is 12.5. The Morgan fingerprint density at radius 3 is 2.79 bits per heavy atom. The van der Waals surface area contributed by atoms with Gasteiger partial charge in [-0.25, -0.2) is 0 Å². The first-order valence-corrected chi connectivity index (χ1v) is 7.28. The van der Waals surface area contributed by atoms with Crippen LogP contribution in [0.1, 0.15) is 33.6 Å². The maximum absolute atomic E-state index is 12.5. The molecule has 19 heavy (non-hydrogen) atoms. The smallest absolute Gasteiger partial charge is 0.240 e. The van der Waals surface area contributed by atoms with Crippen LogP contribution < -0.4 is 5.32 Å². The number of hydrogen-bond acceptors (Lipinski definition) is 2. The Bertz CT molecular complexity index is 409. The summed E-state index contributed by atoms with van der Waals surface area (Å²) in [5.41, 5.74) is 1.41. The number of carbonyl (C=O) groups excluding carboxylic acids is 1. The standard InChI is InChI=1S/C16H26N2O/c1-12-6-8-18(15(19)14(9-12)17-4)11-13-5-7-16(2,3)10-13/h5,7,10,12,14,17H,6,8-9,11H2,1-4H3. The SMILES string of the molecule is CNC1CC(C)CCN(CC2=CC(C)(C)C=C2)C1=O. The highest BCUT2D eigenvalue weighted by molar-refractivity contribution is 5.82. The second-order valence-corrected chi connectivity index (χ2v) is 6.60. The monoisotopic (exact) mass is 262 g/mol. The molecular formula is C16H26N2O. The van der Waals surface area contributed by atoms with Crippen molar-refractivity contribution in [2.75, 3.05) is 20.1 Å². The summed E-state index contributed by atoms with van der Waals surface area (Å²) in [4.78, 5) is 14.5. The summed E-state index contributed by atoms with van der Waals surface area (Å²) < 4.78 is 0. The molecule has 3 nitrogen and oxygen atoms in total. The average molecular weight is 262 g/mol. The highest BCUT2D eigenvalue weighted by Crippen LogP contribution is 2.29. The van der Waals surface area contributed by atoms with Crippen molar-refractivity contribution in [3.05, 3.63) is 23.8 Å². The predicted molar refractivity (Wildman–Crippen MR) is 78.8 cm³/mol. The number of amides is 1. The van der Waals surface area contributed by atoms with Crippen molar-refractivity contribution < 1.29 is 4.79 Å². The van der Waals surface area contributed by atoms with E-state index >= 15 is 0 Å². The lowest BCUT2D eigenvalue weighted by Crippen LogP contribution is -2.44. The van der Waals surface area contributed by atoms with Gasteiger partial charge in [0.05, 0.1) is 6.04 Å². The number of nitrogens with one attached hydrogen (secondary N) is 1. The van der Waals surface area contributed by atoms with E-state index in [4.69, 9.17) is 0 Å². The van der Waals surface area contributed by atoms with Crippen LogP contribution in [0.25, 0.3) is 0 Å². The van der Waals surface area contributed by atoms with Crippen LogP contribution in [-0.2, 0) is 4.79 Å². The summed E-state index contributed by atoms with van der Waals surface area (Å²) in [7, 11) is 1.89. The molecule has 2 unspecified atom stereocenters. The van der Waals surface area contributed by atoms with E-state index in [0.717, 1.165) is 25.9 Å². The summed E-state index contributed by atoms with van der Waals surface area (Å²) >= 11 is 0. The lowest BCUT2D eigenvalue weighted by atomic mass is 9.96. The summed E-state index contributed by atoms with van der Waals surface area (Å²) in [6, 6.07) is -0.0171. The molecule has 2 rings (SSSR count). The van der Waals surface area contributed by atoms with Crippen molar-refractivity contribution in [2.45, 2.75) is 39.7 Å². The zero-order valence-corrected chi connectivity index (χ0v) is 12.6. The summed E-state index contributed by atoms with van der Waals surface area (Å²) in [6.45, 7) is 8.25. The van der Waals surface area contributed by atoms with Gasteiger partial charge >= 0.3 is 0 Å². The zero-order chi connectivity index (χ0) is 14.0. The number of rotatable bonds is 3. The number of allylic oxidation sites excluding steroid dienone is 2. The first kappa shape index (κ1) is 14.3. The average Bonchev–Trinajstić information content (AvgIpc) is 2.63. The maximum Gasteiger partial charge on any atom is 0.240 e. The van der Waals surface area contributed by atoms with Gasteiger partial charge in [-0.2, -0.15) is 0 Å². The minimum atomic E-state index is -0.0171. The molecule has 2 aliphatic rings. The highest BCUT2D eigenvalue weighted by atomic mass is 16.2. The molecule has 1 saturated heterocycles. The van der Waals surface area contributed by atoms with Gasteiger partial charge in [-0.05, 0) is 31.4 Å². The molecule has 0 bridgehead atoms. The number of hydrogen-bond donors (Lipinski definition) is 1. The van der Waals surface area contributed by atoms with Gasteiger partial charge in [0.1, 0.15) is 0 Å². The quantitative estimate of drug-likeness (QED) is 0.847. The first-order chi connectivity index (χ1) is 8.91. The fourth-order valence-corrected chi connectivity index (χ4v) is 2.94. The van der Waals surface area contributed by atoms with Gasteiger partial charge in [-0.3, -0.25) is 4.79 Å². The molecule has 1 amide bonds. The van der Waals surface area contributed by atoms with Gasteiger partial charge in [0, 0.05) is 18.5 Å². The molecule has 1 N–H and O–H groups in total. The van der Waals surface area contributed by atoms with E-state index in [2.05, 4.69) is 44.3 Å². The van der Waals surface area contributed by atoms with Crippen LogP contribution in [0.2, 0.25) is 0 Å². The third-order valence-electron chi connectivity index (χ3n) is 4.15. The second kappa shape index (κ2) is 5.49. The van der Waals surface area contributed by atoms with Gasteiger partial charge in [0.15, 0.2) is 0 Å². The van der Waals surface area contributed by atoms with Crippen LogP contribution in [0.4, 0.5) is 0 Å². The number of likely N-dealkylation sites (N-methyl/N-ethyl adjacent to an activating group) is 1. The molecule has 2 atom stereocenters. The Balaban J connectivity index is 2.07. The molecule has 106 valence electrons. The molecule has 0 saturated carbocycles. The van der Waals surface area contributed by atoms with Crippen molar-refractivity contribution in [3.63, 3.8) is 0 Å². The second-order valence-electron chi connectivity index (χ2n) is 6.60. The summed E-state index contributed by atoms with van der Waals surface area (Å²) in [5.74, 6) is 0.863. The van der Waals surface area contributed by atoms with Gasteiger partial charge in [0.2, 0.25) is 5.91 Å². The molecule has 0 radical (unpaired) electrons. The topological polar surface area (TPSA) is 32.3 Å². The molecule has 0 aromatic carbocycles. The van der Waals surface area contributed by atoms with Gasteiger partial charge in [-0.15, -0.1) is 0 Å². The molecule has 1 fully saturated rings. The molecule has 0 aromatic rings. The number of likely N-dealkylation sites (tertiary alicyclic amines) is 1. The van der Waals surface area contributed by atoms with E-state index in [1.165, 1.54) is 5.57 Å². The van der Waals surface area contributed by atoms with E-state index in [9.17, 15) is 4.79 Å². The molecule has 1 heterocycles. The minimum Gasteiger partial charge on any atom is -0.337 e. The minimum absolute atomic E-state index is 0.0171. The predicted octanol–water partition coefficient (Wildman–Crippen LogP) is 2.36. The molecule has 0 aromatic heterocycles. The van der Waals surface area contributed by atoms with E-state index in [1.807, 2.05) is 11.9 Å². The van der Waals surface area contributed by atoms with Crippen molar-refractivity contribution in [1.29, 1.82) is 0 Å². The van der Waals surface area contributed by atoms with E-state index in [1.54, 1.807) is 0 Å². The Labute approximate surface area is 116 Å². The highest BCUT2D eigenvalue weighted by Gasteiger charge is 2.29. The summed E-state index contributed by atoms with van der Waals surface area (Å²) in [5, 5.41) is 3.17. The van der Waals surface area contributed by atoms with Gasteiger partial charge in [-0.1, -0.05) is 39.0 Å². The van der Waals surface area contributed by atoms with Crippen molar-refractivity contribution in [3.8, 4) is 0 Å². The number of carbonyl (C=O) groups is 1. The molecule has 1 aliphatic carbocycles. The number of nitrogens with zero attached hydrogens (tertiary/aromatic N) is 1. The van der Waals surface area contributed by atoms with E-state index in [0.29, 0.717) is 5.92 Å².